The third kappa shape index (κ3) is 3.32. The van der Waals surface area contributed by atoms with Gasteiger partial charge >= 0.3 is 0 Å². The van der Waals surface area contributed by atoms with Crippen molar-refractivity contribution >= 4 is 45.8 Å². The Morgan fingerprint density at radius 1 is 1.40 bits per heavy atom. The van der Waals surface area contributed by atoms with Gasteiger partial charge in [-0.1, -0.05) is 24.9 Å². The lowest BCUT2D eigenvalue weighted by atomic mass is 10.2. The summed E-state index contributed by atoms with van der Waals surface area (Å²) in [6.45, 7) is 2.05. The largest absolute Gasteiger partial charge is 0.321 e. The number of anilines is 1. The number of carbonyl (C=O) groups is 1. The van der Waals surface area contributed by atoms with Gasteiger partial charge in [-0.2, -0.15) is 5.10 Å². The Labute approximate surface area is 136 Å². The highest BCUT2D eigenvalue weighted by molar-refractivity contribution is 14.1. The molecule has 0 unspecified atom stereocenters. The summed E-state index contributed by atoms with van der Waals surface area (Å²) < 4.78 is 2.65. The summed E-state index contributed by atoms with van der Waals surface area (Å²) in [6, 6.07) is 7.58. The van der Waals surface area contributed by atoms with Crippen molar-refractivity contribution in [1.29, 1.82) is 0 Å². The van der Waals surface area contributed by atoms with Crippen LogP contribution in [-0.4, -0.2) is 15.7 Å². The zero-order valence-electron chi connectivity index (χ0n) is 11.3. The average Bonchev–Trinajstić information content (AvgIpc) is 2.68. The Hall–Kier alpha value is -1.08. The lowest BCUT2D eigenvalue weighted by molar-refractivity contribution is 0.101. The molecule has 2 rings (SSSR count). The molecule has 0 saturated carbocycles. The van der Waals surface area contributed by atoms with Crippen molar-refractivity contribution in [1.82, 2.24) is 9.78 Å². The molecule has 0 aliphatic carbocycles. The van der Waals surface area contributed by atoms with E-state index in [0.717, 1.165) is 27.8 Å². The summed E-state index contributed by atoms with van der Waals surface area (Å²) in [4.78, 5) is 12.3. The van der Waals surface area contributed by atoms with Crippen LogP contribution in [0.3, 0.4) is 0 Å². The van der Waals surface area contributed by atoms with Crippen molar-refractivity contribution in [3.63, 3.8) is 0 Å². The highest BCUT2D eigenvalue weighted by atomic mass is 127. The number of halogens is 2. The van der Waals surface area contributed by atoms with Crippen LogP contribution in [0.25, 0.3) is 0 Å². The van der Waals surface area contributed by atoms with Crippen LogP contribution in [0.15, 0.2) is 24.3 Å². The first-order valence-corrected chi connectivity index (χ1v) is 7.77. The number of aromatic nitrogens is 2. The topological polar surface area (TPSA) is 46.9 Å². The fourth-order valence-corrected chi connectivity index (χ4v) is 2.62. The van der Waals surface area contributed by atoms with Crippen LogP contribution < -0.4 is 5.32 Å². The molecule has 1 heterocycles. The van der Waals surface area contributed by atoms with Crippen molar-refractivity contribution in [2.45, 2.75) is 19.8 Å². The molecule has 20 heavy (non-hydrogen) atoms. The van der Waals surface area contributed by atoms with Gasteiger partial charge in [-0.25, -0.2) is 0 Å². The molecule has 4 nitrogen and oxygen atoms in total. The molecule has 6 heteroatoms. The molecule has 0 atom stereocenters. The second-order valence-corrected chi connectivity index (χ2v) is 6.07. The number of hydrogen-bond acceptors (Lipinski definition) is 2. The quantitative estimate of drug-likeness (QED) is 0.788. The molecule has 0 radical (unpaired) electrons. The first-order valence-electron chi connectivity index (χ1n) is 6.31. The minimum atomic E-state index is -0.242. The second-order valence-electron chi connectivity index (χ2n) is 4.44. The number of amides is 1. The summed E-state index contributed by atoms with van der Waals surface area (Å²) >= 11 is 8.47. The Bertz CT molecular complexity index is 622. The molecule has 2 aromatic rings. The van der Waals surface area contributed by atoms with E-state index in [2.05, 4.69) is 39.9 Å². The van der Waals surface area contributed by atoms with Gasteiger partial charge in [0.05, 0.1) is 10.7 Å². The van der Waals surface area contributed by atoms with Crippen LogP contribution >= 0.6 is 34.2 Å². The maximum Gasteiger partial charge on any atom is 0.275 e. The maximum absolute atomic E-state index is 12.3. The number of benzene rings is 1. The Morgan fingerprint density at radius 3 is 2.65 bits per heavy atom. The van der Waals surface area contributed by atoms with Gasteiger partial charge in [0.15, 0.2) is 0 Å². The van der Waals surface area contributed by atoms with E-state index in [1.807, 2.05) is 24.3 Å². The van der Waals surface area contributed by atoms with Crippen LogP contribution in [0.1, 0.15) is 29.5 Å². The molecule has 0 bridgehead atoms. The molecular weight excluding hydrogens is 389 g/mol. The first-order chi connectivity index (χ1) is 9.52. The molecule has 106 valence electrons. The van der Waals surface area contributed by atoms with Gasteiger partial charge < -0.3 is 5.32 Å². The second kappa shape index (κ2) is 6.58. The zero-order chi connectivity index (χ0) is 14.7. The highest BCUT2D eigenvalue weighted by Gasteiger charge is 2.20. The average molecular weight is 404 g/mol. The molecule has 1 N–H and O–H groups in total. The Morgan fingerprint density at radius 2 is 2.05 bits per heavy atom. The van der Waals surface area contributed by atoms with Gasteiger partial charge in [0.1, 0.15) is 5.69 Å². The minimum Gasteiger partial charge on any atom is -0.321 e. The van der Waals surface area contributed by atoms with Crippen molar-refractivity contribution in [2.24, 2.45) is 7.05 Å². The third-order valence-electron chi connectivity index (χ3n) is 2.86. The van der Waals surface area contributed by atoms with Gasteiger partial charge in [-0.3, -0.25) is 9.48 Å². The van der Waals surface area contributed by atoms with E-state index in [0.29, 0.717) is 10.7 Å². The number of aryl methyl sites for hydroxylation is 2. The molecule has 0 saturated heterocycles. The third-order valence-corrected chi connectivity index (χ3v) is 3.98. The van der Waals surface area contributed by atoms with Crippen molar-refractivity contribution in [2.75, 3.05) is 5.32 Å². The zero-order valence-corrected chi connectivity index (χ0v) is 14.2. The van der Waals surface area contributed by atoms with E-state index in [-0.39, 0.29) is 5.91 Å². The molecule has 0 spiro atoms. The number of nitrogens with one attached hydrogen (secondary N) is 1. The fourth-order valence-electron chi connectivity index (χ4n) is 1.92. The van der Waals surface area contributed by atoms with Crippen molar-refractivity contribution < 1.29 is 4.79 Å². The monoisotopic (exact) mass is 403 g/mol. The van der Waals surface area contributed by atoms with Crippen molar-refractivity contribution in [3.8, 4) is 0 Å². The highest BCUT2D eigenvalue weighted by Crippen LogP contribution is 2.23. The number of carbonyl (C=O) groups excluding carboxylic acids is 1. The molecule has 0 aliphatic rings. The molecule has 1 amide bonds. The molecule has 1 aromatic heterocycles. The Kier molecular flexibility index (Phi) is 5.04. The van der Waals surface area contributed by atoms with E-state index in [4.69, 9.17) is 11.6 Å². The van der Waals surface area contributed by atoms with Gasteiger partial charge in [0.25, 0.3) is 5.91 Å². The number of hydrogen-bond donors (Lipinski definition) is 1. The van der Waals surface area contributed by atoms with Gasteiger partial charge in [0, 0.05) is 16.3 Å². The van der Waals surface area contributed by atoms with E-state index in [1.54, 1.807) is 7.05 Å². The predicted octanol–water partition coefficient (Wildman–Crippen LogP) is 3.88. The lowest BCUT2D eigenvalue weighted by Gasteiger charge is -2.06. The van der Waals surface area contributed by atoms with Crippen LogP contribution in [-0.2, 0) is 13.5 Å². The number of nitrogens with zero attached hydrogens (tertiary/aromatic N) is 2. The molecule has 0 fully saturated rings. The normalized spacial score (nSPS) is 10.6. The summed E-state index contributed by atoms with van der Waals surface area (Å²) in [5, 5.41) is 7.58. The van der Waals surface area contributed by atoms with Gasteiger partial charge in [-0.05, 0) is 53.3 Å². The summed E-state index contributed by atoms with van der Waals surface area (Å²) in [5.41, 5.74) is 1.91. The summed E-state index contributed by atoms with van der Waals surface area (Å²) in [6.07, 6.45) is 1.71. The van der Waals surface area contributed by atoms with Crippen LogP contribution in [0.4, 0.5) is 5.69 Å². The summed E-state index contributed by atoms with van der Waals surface area (Å²) in [5.74, 6) is -0.242. The fraction of sp³-hybridized carbons (Fsp3) is 0.286. The minimum absolute atomic E-state index is 0.242. The predicted molar refractivity (Wildman–Crippen MR) is 89.3 cm³/mol. The number of rotatable bonds is 4. The first kappa shape index (κ1) is 15.3. The van der Waals surface area contributed by atoms with Crippen LogP contribution in [0.2, 0.25) is 5.02 Å². The van der Waals surface area contributed by atoms with Crippen LogP contribution in [0, 0.1) is 3.57 Å². The SMILES string of the molecule is CCCc1nn(C)c(C(=O)Nc2ccc(I)cc2)c1Cl. The molecule has 0 aliphatic heterocycles. The van der Waals surface area contributed by atoms with E-state index < -0.39 is 0 Å². The van der Waals surface area contributed by atoms with Gasteiger partial charge in [-0.15, -0.1) is 0 Å². The molecule has 1 aromatic carbocycles. The van der Waals surface area contributed by atoms with Crippen LogP contribution in [0.5, 0.6) is 0 Å². The van der Waals surface area contributed by atoms with E-state index in [1.165, 1.54) is 4.68 Å². The Balaban J connectivity index is 2.23. The molecular formula is C14H15ClIN3O. The van der Waals surface area contributed by atoms with E-state index >= 15 is 0 Å². The van der Waals surface area contributed by atoms with Gasteiger partial charge in [0.2, 0.25) is 0 Å². The summed E-state index contributed by atoms with van der Waals surface area (Å²) in [7, 11) is 1.73. The van der Waals surface area contributed by atoms with E-state index in [9.17, 15) is 4.79 Å². The lowest BCUT2D eigenvalue weighted by Crippen LogP contribution is -2.16. The maximum atomic E-state index is 12.3. The van der Waals surface area contributed by atoms with Crippen molar-refractivity contribution in [3.05, 3.63) is 44.2 Å². The smallest absolute Gasteiger partial charge is 0.275 e. The standard InChI is InChI=1S/C14H15ClIN3O/c1-3-4-11-12(15)13(19(2)18-11)14(20)17-10-7-5-9(16)6-8-10/h5-8H,3-4H2,1-2H3,(H,17,20).